The number of morpholine rings is 1. The van der Waals surface area contributed by atoms with Gasteiger partial charge in [0.1, 0.15) is 0 Å². The zero-order valence-electron chi connectivity index (χ0n) is 17.1. The fraction of sp³-hybridized carbons (Fsp3) is 0.667. The number of guanidine groups is 1. The van der Waals surface area contributed by atoms with Crippen LogP contribution in [0.2, 0.25) is 0 Å². The van der Waals surface area contributed by atoms with Crippen molar-refractivity contribution in [2.45, 2.75) is 38.7 Å². The summed E-state index contributed by atoms with van der Waals surface area (Å²) in [5.74, 6) is 1.26. The van der Waals surface area contributed by atoms with E-state index >= 15 is 0 Å². The Morgan fingerprint density at radius 2 is 1.96 bits per heavy atom. The van der Waals surface area contributed by atoms with Gasteiger partial charge in [0, 0.05) is 32.7 Å². The summed E-state index contributed by atoms with van der Waals surface area (Å²) in [6, 6.07) is 10.6. The van der Waals surface area contributed by atoms with Crippen LogP contribution in [0.5, 0.6) is 0 Å². The number of ether oxygens (including phenoxy) is 1. The summed E-state index contributed by atoms with van der Waals surface area (Å²) in [6.45, 7) is 12.0. The van der Waals surface area contributed by atoms with Crippen LogP contribution < -0.4 is 10.6 Å². The van der Waals surface area contributed by atoms with Gasteiger partial charge in [-0.15, -0.1) is 0 Å². The Labute approximate surface area is 164 Å². The van der Waals surface area contributed by atoms with Crippen LogP contribution in [0.15, 0.2) is 35.3 Å². The molecule has 152 valence electrons. The highest BCUT2D eigenvalue weighted by Crippen LogP contribution is 2.17. The molecule has 1 aliphatic rings. The predicted octanol–water partition coefficient (Wildman–Crippen LogP) is 1.82. The van der Waals surface area contributed by atoms with E-state index in [-0.39, 0.29) is 0 Å². The molecule has 0 bridgehead atoms. The second-order valence-corrected chi connectivity index (χ2v) is 7.61. The van der Waals surface area contributed by atoms with Crippen LogP contribution in [-0.2, 0) is 4.74 Å². The highest BCUT2D eigenvalue weighted by atomic mass is 16.5. The maximum Gasteiger partial charge on any atom is 0.191 e. The Kier molecular flexibility index (Phi) is 9.04. The molecule has 0 aromatic heterocycles. The third-order valence-electron chi connectivity index (χ3n) is 4.83. The molecular formula is C21H36N4O2. The zero-order chi connectivity index (χ0) is 19.5. The van der Waals surface area contributed by atoms with Gasteiger partial charge >= 0.3 is 0 Å². The SMILES string of the molecule is CCNC(=NCC(C)(O)CN1CCOCC1)NCCC(C)c1ccccc1. The van der Waals surface area contributed by atoms with Crippen molar-refractivity contribution in [2.75, 3.05) is 52.5 Å². The molecule has 27 heavy (non-hydrogen) atoms. The standard InChI is InChI=1S/C21H36N4O2/c1-4-22-20(23-11-10-18(2)19-8-6-5-7-9-19)24-16-21(3,26)17-25-12-14-27-15-13-25/h5-9,18,26H,4,10-17H2,1-3H3,(H2,22,23,24). The number of aliphatic imine (C=N–C) groups is 1. The topological polar surface area (TPSA) is 69.1 Å². The molecule has 0 radical (unpaired) electrons. The molecule has 1 aromatic rings. The maximum atomic E-state index is 10.7. The van der Waals surface area contributed by atoms with E-state index in [0.717, 1.165) is 51.8 Å². The Morgan fingerprint density at radius 1 is 1.26 bits per heavy atom. The first-order valence-corrected chi connectivity index (χ1v) is 10.1. The van der Waals surface area contributed by atoms with Gasteiger partial charge in [0.05, 0.1) is 25.4 Å². The summed E-state index contributed by atoms with van der Waals surface area (Å²) < 4.78 is 5.37. The van der Waals surface area contributed by atoms with Crippen LogP contribution in [-0.4, -0.2) is 74.0 Å². The second-order valence-electron chi connectivity index (χ2n) is 7.61. The Balaban J connectivity index is 1.80. The number of hydrogen-bond donors (Lipinski definition) is 3. The van der Waals surface area contributed by atoms with Gasteiger partial charge in [0.15, 0.2) is 5.96 Å². The van der Waals surface area contributed by atoms with Crippen molar-refractivity contribution in [3.8, 4) is 0 Å². The van der Waals surface area contributed by atoms with E-state index in [4.69, 9.17) is 4.74 Å². The van der Waals surface area contributed by atoms with Crippen LogP contribution in [0.3, 0.4) is 0 Å². The monoisotopic (exact) mass is 376 g/mol. The quantitative estimate of drug-likeness (QED) is 0.453. The molecule has 1 aliphatic heterocycles. The van der Waals surface area contributed by atoms with Crippen molar-refractivity contribution in [3.63, 3.8) is 0 Å². The van der Waals surface area contributed by atoms with Gasteiger partial charge in [-0.1, -0.05) is 37.3 Å². The van der Waals surface area contributed by atoms with Crippen molar-refractivity contribution in [3.05, 3.63) is 35.9 Å². The number of aliphatic hydroxyl groups is 1. The first kappa shape index (κ1) is 21.7. The van der Waals surface area contributed by atoms with Crippen LogP contribution in [0.25, 0.3) is 0 Å². The average molecular weight is 377 g/mol. The normalized spacial score (nSPS) is 19.3. The van der Waals surface area contributed by atoms with E-state index in [1.165, 1.54) is 5.56 Å². The summed E-state index contributed by atoms with van der Waals surface area (Å²) in [4.78, 5) is 6.84. The highest BCUT2D eigenvalue weighted by Gasteiger charge is 2.25. The van der Waals surface area contributed by atoms with Gasteiger partial charge in [-0.2, -0.15) is 0 Å². The molecule has 1 saturated heterocycles. The molecule has 6 heteroatoms. The van der Waals surface area contributed by atoms with Crippen LogP contribution in [0, 0.1) is 0 Å². The lowest BCUT2D eigenvalue weighted by atomic mass is 9.98. The molecule has 1 aromatic carbocycles. The first-order chi connectivity index (χ1) is 13.0. The summed E-state index contributed by atoms with van der Waals surface area (Å²) in [6.07, 6.45) is 1.03. The van der Waals surface area contributed by atoms with E-state index in [0.29, 0.717) is 19.0 Å². The summed E-state index contributed by atoms with van der Waals surface area (Å²) in [5, 5.41) is 17.4. The Morgan fingerprint density at radius 3 is 2.63 bits per heavy atom. The molecule has 0 aliphatic carbocycles. The van der Waals surface area contributed by atoms with E-state index in [1.807, 2.05) is 13.0 Å². The van der Waals surface area contributed by atoms with E-state index in [2.05, 4.69) is 58.6 Å². The molecule has 0 amide bonds. The number of benzene rings is 1. The number of nitrogens with zero attached hydrogens (tertiary/aromatic N) is 2. The molecule has 2 unspecified atom stereocenters. The molecule has 1 fully saturated rings. The summed E-state index contributed by atoms with van der Waals surface area (Å²) >= 11 is 0. The first-order valence-electron chi connectivity index (χ1n) is 10.1. The van der Waals surface area contributed by atoms with Crippen molar-refractivity contribution in [2.24, 2.45) is 4.99 Å². The maximum absolute atomic E-state index is 10.7. The van der Waals surface area contributed by atoms with Crippen molar-refractivity contribution in [1.29, 1.82) is 0 Å². The van der Waals surface area contributed by atoms with Crippen molar-refractivity contribution >= 4 is 5.96 Å². The molecule has 0 saturated carbocycles. The van der Waals surface area contributed by atoms with E-state index in [9.17, 15) is 5.11 Å². The van der Waals surface area contributed by atoms with Crippen molar-refractivity contribution in [1.82, 2.24) is 15.5 Å². The minimum atomic E-state index is -0.850. The predicted molar refractivity (Wildman–Crippen MR) is 111 cm³/mol. The summed E-state index contributed by atoms with van der Waals surface area (Å²) in [5.41, 5.74) is 0.506. The number of hydrogen-bond acceptors (Lipinski definition) is 4. The molecule has 0 spiro atoms. The Bertz CT molecular complexity index is 557. The second kappa shape index (κ2) is 11.3. The lowest BCUT2D eigenvalue weighted by Crippen LogP contribution is -2.48. The minimum Gasteiger partial charge on any atom is -0.387 e. The van der Waals surface area contributed by atoms with Gasteiger partial charge in [-0.25, -0.2) is 0 Å². The number of β-amino-alcohol motifs (C(OH)–C–C–N with tert-alkyl or cyclic N) is 1. The smallest absolute Gasteiger partial charge is 0.191 e. The molecular weight excluding hydrogens is 340 g/mol. The molecule has 1 heterocycles. The van der Waals surface area contributed by atoms with Crippen LogP contribution in [0.1, 0.15) is 38.7 Å². The Hall–Kier alpha value is -1.63. The third-order valence-corrected chi connectivity index (χ3v) is 4.83. The fourth-order valence-electron chi connectivity index (χ4n) is 3.24. The average Bonchev–Trinajstić information content (AvgIpc) is 2.67. The lowest BCUT2D eigenvalue weighted by Gasteiger charge is -2.33. The largest absolute Gasteiger partial charge is 0.387 e. The van der Waals surface area contributed by atoms with Crippen molar-refractivity contribution < 1.29 is 9.84 Å². The van der Waals surface area contributed by atoms with Gasteiger partial charge < -0.3 is 20.5 Å². The van der Waals surface area contributed by atoms with E-state index in [1.54, 1.807) is 0 Å². The third kappa shape index (κ3) is 8.28. The number of nitrogens with one attached hydrogen (secondary N) is 2. The van der Waals surface area contributed by atoms with Crippen LogP contribution >= 0.6 is 0 Å². The molecule has 3 N–H and O–H groups in total. The van der Waals surface area contributed by atoms with Gasteiger partial charge in [0.25, 0.3) is 0 Å². The van der Waals surface area contributed by atoms with Gasteiger partial charge in [-0.3, -0.25) is 9.89 Å². The fourth-order valence-corrected chi connectivity index (χ4v) is 3.24. The minimum absolute atomic E-state index is 0.369. The zero-order valence-corrected chi connectivity index (χ0v) is 17.1. The molecule has 2 atom stereocenters. The highest BCUT2D eigenvalue weighted by molar-refractivity contribution is 5.79. The molecule has 2 rings (SSSR count). The van der Waals surface area contributed by atoms with E-state index < -0.39 is 5.60 Å². The van der Waals surface area contributed by atoms with Gasteiger partial charge in [0.2, 0.25) is 0 Å². The number of rotatable bonds is 9. The summed E-state index contributed by atoms with van der Waals surface area (Å²) in [7, 11) is 0. The van der Waals surface area contributed by atoms with Crippen LogP contribution in [0.4, 0.5) is 0 Å². The van der Waals surface area contributed by atoms with Gasteiger partial charge in [-0.05, 0) is 31.7 Å². The lowest BCUT2D eigenvalue weighted by molar-refractivity contribution is -0.0179. The molecule has 6 nitrogen and oxygen atoms in total.